The number of hydrogen-bond acceptors (Lipinski definition) is 4. The van der Waals surface area contributed by atoms with Crippen molar-refractivity contribution in [3.8, 4) is 0 Å². The normalized spacial score (nSPS) is 19.2. The van der Waals surface area contributed by atoms with Gasteiger partial charge in [-0.05, 0) is 38.3 Å². The Balaban J connectivity index is 1.53. The highest BCUT2D eigenvalue weighted by molar-refractivity contribution is 5.80. The third kappa shape index (κ3) is 4.64. The van der Waals surface area contributed by atoms with Gasteiger partial charge in [0.15, 0.2) is 0 Å². The lowest BCUT2D eigenvalue weighted by Gasteiger charge is -2.28. The maximum Gasteiger partial charge on any atom is 0.303 e. The average Bonchev–Trinajstić information content (AvgIpc) is 3.21. The van der Waals surface area contributed by atoms with Crippen LogP contribution in [0.5, 0.6) is 0 Å². The van der Waals surface area contributed by atoms with Crippen LogP contribution in [0.1, 0.15) is 49.9 Å². The molecule has 0 spiro atoms. The number of nitrogens with one attached hydrogen (secondary N) is 2. The van der Waals surface area contributed by atoms with Crippen LogP contribution in [-0.4, -0.2) is 37.8 Å². The maximum atomic E-state index is 12.2. The largest absolute Gasteiger partial charge is 0.481 e. The lowest BCUT2D eigenvalue weighted by molar-refractivity contribution is -0.137. The lowest BCUT2D eigenvalue weighted by atomic mass is 9.86. The molecule has 1 saturated heterocycles. The molecule has 1 atom stereocenters. The highest BCUT2D eigenvalue weighted by Crippen LogP contribution is 2.30. The van der Waals surface area contributed by atoms with E-state index in [2.05, 4.69) is 15.6 Å². The average molecular weight is 372 g/mol. The summed E-state index contributed by atoms with van der Waals surface area (Å²) in [4.78, 5) is 39.2. The molecule has 8 heteroatoms. The fourth-order valence-corrected chi connectivity index (χ4v) is 3.53. The predicted octanol–water partition coefficient (Wildman–Crippen LogP) is 1.55. The van der Waals surface area contributed by atoms with Gasteiger partial charge >= 0.3 is 5.97 Å². The summed E-state index contributed by atoms with van der Waals surface area (Å²) >= 11 is 0. The molecule has 3 rings (SSSR count). The van der Waals surface area contributed by atoms with Crippen molar-refractivity contribution in [2.45, 2.75) is 57.5 Å². The van der Waals surface area contributed by atoms with E-state index in [1.807, 2.05) is 35.7 Å². The van der Waals surface area contributed by atoms with Crippen molar-refractivity contribution < 1.29 is 19.5 Å². The standard InChI is InChI=1S/C19H24N4O4/c1-13-3-2-4-15-21-14(12-23(13)15)11-20-16(24)5-8-19(10-7-18(26)27)9-6-17(25)22-19/h2-4,12H,5-11H2,1H3,(H,20,24)(H,22,25)(H,26,27)/t19-/m0/s1. The van der Waals surface area contributed by atoms with Gasteiger partial charge in [-0.25, -0.2) is 4.98 Å². The number of pyridine rings is 1. The van der Waals surface area contributed by atoms with Crippen LogP contribution in [0.15, 0.2) is 24.4 Å². The van der Waals surface area contributed by atoms with E-state index in [1.165, 1.54) is 0 Å². The van der Waals surface area contributed by atoms with Crippen molar-refractivity contribution in [1.82, 2.24) is 20.0 Å². The first kappa shape index (κ1) is 18.9. The monoisotopic (exact) mass is 372 g/mol. The van der Waals surface area contributed by atoms with E-state index in [4.69, 9.17) is 5.11 Å². The second kappa shape index (κ2) is 7.77. The number of carbonyl (C=O) groups is 3. The van der Waals surface area contributed by atoms with Crippen molar-refractivity contribution in [2.75, 3.05) is 0 Å². The smallest absolute Gasteiger partial charge is 0.303 e. The Morgan fingerprint density at radius 1 is 1.33 bits per heavy atom. The van der Waals surface area contributed by atoms with Gasteiger partial charge in [-0.1, -0.05) is 6.07 Å². The molecule has 0 aromatic carbocycles. The third-order valence-corrected chi connectivity index (χ3v) is 5.10. The molecule has 2 aromatic heterocycles. The third-order valence-electron chi connectivity index (χ3n) is 5.10. The fraction of sp³-hybridized carbons (Fsp3) is 0.474. The van der Waals surface area contributed by atoms with Gasteiger partial charge in [-0.15, -0.1) is 0 Å². The van der Waals surface area contributed by atoms with Crippen molar-refractivity contribution in [1.29, 1.82) is 0 Å². The molecule has 1 fully saturated rings. The number of aryl methyl sites for hydroxylation is 1. The Bertz CT molecular complexity index is 876. The van der Waals surface area contributed by atoms with E-state index in [9.17, 15) is 14.4 Å². The molecular weight excluding hydrogens is 348 g/mol. The second-order valence-electron chi connectivity index (χ2n) is 7.13. The number of hydrogen-bond donors (Lipinski definition) is 3. The maximum absolute atomic E-state index is 12.2. The van der Waals surface area contributed by atoms with Crippen LogP contribution in [-0.2, 0) is 20.9 Å². The molecule has 0 aliphatic carbocycles. The van der Waals surface area contributed by atoms with E-state index in [1.54, 1.807) is 0 Å². The van der Waals surface area contributed by atoms with Crippen LogP contribution in [0.4, 0.5) is 0 Å². The van der Waals surface area contributed by atoms with E-state index < -0.39 is 11.5 Å². The van der Waals surface area contributed by atoms with Crippen LogP contribution in [0.3, 0.4) is 0 Å². The lowest BCUT2D eigenvalue weighted by Crippen LogP contribution is -2.43. The second-order valence-corrected chi connectivity index (χ2v) is 7.13. The number of carboxylic acids is 1. The Morgan fingerprint density at radius 3 is 2.78 bits per heavy atom. The van der Waals surface area contributed by atoms with Crippen molar-refractivity contribution in [3.63, 3.8) is 0 Å². The van der Waals surface area contributed by atoms with Gasteiger partial charge < -0.3 is 20.1 Å². The van der Waals surface area contributed by atoms with Crippen molar-refractivity contribution >= 4 is 23.4 Å². The molecule has 1 aliphatic heterocycles. The van der Waals surface area contributed by atoms with Gasteiger partial charge in [0.2, 0.25) is 11.8 Å². The number of amides is 2. The first-order valence-electron chi connectivity index (χ1n) is 9.10. The van der Waals surface area contributed by atoms with Crippen LogP contribution >= 0.6 is 0 Å². The Kier molecular flexibility index (Phi) is 5.43. The van der Waals surface area contributed by atoms with Crippen LogP contribution in [0, 0.1) is 6.92 Å². The summed E-state index contributed by atoms with van der Waals surface area (Å²) < 4.78 is 1.97. The highest BCUT2D eigenvalue weighted by Gasteiger charge is 2.37. The van der Waals surface area contributed by atoms with Gasteiger partial charge in [0.05, 0.1) is 12.2 Å². The molecule has 0 bridgehead atoms. The van der Waals surface area contributed by atoms with E-state index in [0.717, 1.165) is 17.0 Å². The molecule has 3 N–H and O–H groups in total. The predicted molar refractivity (Wildman–Crippen MR) is 98.0 cm³/mol. The summed E-state index contributed by atoms with van der Waals surface area (Å²) in [5, 5.41) is 14.7. The van der Waals surface area contributed by atoms with Gasteiger partial charge in [0, 0.05) is 36.7 Å². The molecule has 0 radical (unpaired) electrons. The molecule has 2 amide bonds. The molecule has 0 unspecified atom stereocenters. The van der Waals surface area contributed by atoms with Crippen LogP contribution < -0.4 is 10.6 Å². The zero-order valence-electron chi connectivity index (χ0n) is 15.3. The fourth-order valence-electron chi connectivity index (χ4n) is 3.53. The number of aromatic nitrogens is 2. The highest BCUT2D eigenvalue weighted by atomic mass is 16.4. The molecular formula is C19H24N4O4. The van der Waals surface area contributed by atoms with E-state index in [0.29, 0.717) is 32.2 Å². The van der Waals surface area contributed by atoms with Crippen LogP contribution in [0.2, 0.25) is 0 Å². The molecule has 1 aliphatic rings. The minimum absolute atomic E-state index is 0.0253. The van der Waals surface area contributed by atoms with E-state index in [-0.39, 0.29) is 24.7 Å². The topological polar surface area (TPSA) is 113 Å². The number of nitrogens with zero attached hydrogens (tertiary/aromatic N) is 2. The number of imidazole rings is 1. The number of rotatable bonds is 8. The Morgan fingerprint density at radius 2 is 2.11 bits per heavy atom. The molecule has 2 aromatic rings. The first-order chi connectivity index (χ1) is 12.9. The number of carbonyl (C=O) groups excluding carboxylic acids is 2. The molecule has 8 nitrogen and oxygen atoms in total. The first-order valence-corrected chi connectivity index (χ1v) is 9.10. The van der Waals surface area contributed by atoms with Crippen molar-refractivity contribution in [2.24, 2.45) is 0 Å². The summed E-state index contributed by atoms with van der Waals surface area (Å²) in [7, 11) is 0. The SMILES string of the molecule is Cc1cccc2nc(CNC(=O)CC[C@@]3(CCC(=O)O)CCC(=O)N3)cn12. The zero-order valence-corrected chi connectivity index (χ0v) is 15.3. The van der Waals surface area contributed by atoms with Gasteiger partial charge in [-0.2, -0.15) is 0 Å². The Hall–Kier alpha value is -2.90. The summed E-state index contributed by atoms with van der Waals surface area (Å²) in [6.45, 7) is 2.32. The van der Waals surface area contributed by atoms with Gasteiger partial charge in [-0.3, -0.25) is 14.4 Å². The summed E-state index contributed by atoms with van der Waals surface area (Å²) in [5.74, 6) is -1.12. The number of fused-ring (bicyclic) bond motifs is 1. The van der Waals surface area contributed by atoms with Gasteiger partial charge in [0.25, 0.3) is 0 Å². The number of aliphatic carboxylic acids is 1. The quantitative estimate of drug-likeness (QED) is 0.651. The Labute approximate surface area is 157 Å². The minimum atomic E-state index is -0.901. The van der Waals surface area contributed by atoms with Crippen molar-refractivity contribution in [3.05, 3.63) is 35.8 Å². The van der Waals surface area contributed by atoms with E-state index >= 15 is 0 Å². The molecule has 3 heterocycles. The molecule has 0 saturated carbocycles. The zero-order chi connectivity index (χ0) is 19.4. The van der Waals surface area contributed by atoms with Gasteiger partial charge in [0.1, 0.15) is 5.65 Å². The molecule has 27 heavy (non-hydrogen) atoms. The molecule has 144 valence electrons. The minimum Gasteiger partial charge on any atom is -0.481 e. The van der Waals surface area contributed by atoms with Crippen LogP contribution in [0.25, 0.3) is 5.65 Å². The summed E-state index contributed by atoms with van der Waals surface area (Å²) in [6, 6.07) is 5.84. The number of carboxylic acid groups (broad SMARTS) is 1. The summed E-state index contributed by atoms with van der Waals surface area (Å²) in [5.41, 5.74) is 2.08. The summed E-state index contributed by atoms with van der Waals surface area (Å²) in [6.07, 6.45) is 3.82.